The third kappa shape index (κ3) is 1.18. The number of rotatable bonds is 0. The van der Waals surface area contributed by atoms with Gasteiger partial charge in [-0.1, -0.05) is 0 Å². The Kier molecular flexibility index (Phi) is 1.73. The minimum atomic E-state index is -0.431. The van der Waals surface area contributed by atoms with Crippen molar-refractivity contribution in [2.24, 2.45) is 0 Å². The van der Waals surface area contributed by atoms with Crippen molar-refractivity contribution in [3.63, 3.8) is 0 Å². The summed E-state index contributed by atoms with van der Waals surface area (Å²) in [6.45, 7) is 2.29. The summed E-state index contributed by atoms with van der Waals surface area (Å²) in [4.78, 5) is 2.45. The molecule has 1 aliphatic heterocycles. The second-order valence-electron chi connectivity index (χ2n) is 1.86. The third-order valence-corrected chi connectivity index (χ3v) is 6.91. The zero-order valence-electron chi connectivity index (χ0n) is 4.87. The van der Waals surface area contributed by atoms with Crippen LogP contribution < -0.4 is 0 Å². The Bertz CT molecular complexity index is 94.4. The fourth-order valence-electron chi connectivity index (χ4n) is 0.698. The van der Waals surface area contributed by atoms with Crippen molar-refractivity contribution >= 4 is 19.8 Å². The molecule has 1 rings (SSSR count). The molecule has 0 amide bonds. The van der Waals surface area contributed by atoms with Gasteiger partial charge >= 0.3 is 52.2 Å². The molecule has 7 heavy (non-hydrogen) atoms. The number of alkyl halides is 2. The van der Waals surface area contributed by atoms with Crippen molar-refractivity contribution in [1.29, 1.82) is 0 Å². The average Bonchev–Trinajstić information content (AvgIpc) is 1.91. The van der Waals surface area contributed by atoms with Gasteiger partial charge in [-0.3, -0.25) is 0 Å². The van der Waals surface area contributed by atoms with Crippen LogP contribution in [-0.4, -0.2) is 9.36 Å². The summed E-state index contributed by atoms with van der Waals surface area (Å²) >= 11 is -0.431. The molecule has 0 nitrogen and oxygen atoms in total. The molecule has 0 radical (unpaired) electrons. The molecule has 0 spiro atoms. The molecule has 42 valence electrons. The van der Waals surface area contributed by atoms with Crippen LogP contribution in [0.1, 0.15) is 13.3 Å². The van der Waals surface area contributed by atoms with Crippen molar-refractivity contribution in [2.45, 2.75) is 13.3 Å². The topological polar surface area (TPSA) is 0 Å². The van der Waals surface area contributed by atoms with E-state index in [-0.39, 0.29) is 0 Å². The second kappa shape index (κ2) is 2.16. The quantitative estimate of drug-likeness (QED) is 0.425. The van der Waals surface area contributed by atoms with Gasteiger partial charge in [0.1, 0.15) is 0 Å². The van der Waals surface area contributed by atoms with E-state index in [9.17, 15) is 0 Å². The molecule has 0 bridgehead atoms. The van der Waals surface area contributed by atoms with Gasteiger partial charge in [0.05, 0.1) is 0 Å². The summed E-state index contributed by atoms with van der Waals surface area (Å²) in [6.07, 6.45) is 3.79. The summed E-state index contributed by atoms with van der Waals surface area (Å²) in [6, 6.07) is 0. The first kappa shape index (κ1) is 5.60. The van der Waals surface area contributed by atoms with Gasteiger partial charge in [0.25, 0.3) is 0 Å². The average molecular weight is 210 g/mol. The molecular weight excluding hydrogens is 199 g/mol. The van der Waals surface area contributed by atoms with Gasteiger partial charge < -0.3 is 0 Å². The molecule has 0 fully saturated rings. The molecule has 1 heteroatoms. The summed E-state index contributed by atoms with van der Waals surface area (Å²) in [5.74, 6) is 0. The van der Waals surface area contributed by atoms with Crippen molar-refractivity contribution in [3.8, 4) is 0 Å². The number of halogens is 1. The molecule has 0 unspecified atom stereocenters. The van der Waals surface area contributed by atoms with Crippen molar-refractivity contribution < 1.29 is 0 Å². The first-order chi connectivity index (χ1) is 3.30. The van der Waals surface area contributed by atoms with Crippen LogP contribution in [-0.2, 0) is 0 Å². The molecule has 0 atom stereocenters. The third-order valence-electron chi connectivity index (χ3n) is 1.33. The van der Waals surface area contributed by atoms with Crippen molar-refractivity contribution in [2.75, 3.05) is 9.36 Å². The van der Waals surface area contributed by atoms with E-state index in [4.69, 9.17) is 0 Å². The van der Waals surface area contributed by atoms with Crippen LogP contribution in [0.2, 0.25) is 0 Å². The Labute approximate surface area is 52.4 Å². The molecule has 0 N–H and O–H groups in total. The molecule has 0 aromatic carbocycles. The van der Waals surface area contributed by atoms with Gasteiger partial charge in [-0.15, -0.1) is 0 Å². The van der Waals surface area contributed by atoms with Gasteiger partial charge in [0.2, 0.25) is 0 Å². The number of allylic oxidation sites excluding steroid dienone is 2. The van der Waals surface area contributed by atoms with E-state index >= 15 is 0 Å². The van der Waals surface area contributed by atoms with Gasteiger partial charge in [0.15, 0.2) is 0 Å². The Morgan fingerprint density at radius 1 is 1.71 bits per heavy atom. The zero-order chi connectivity index (χ0) is 5.28. The number of hydrogen-bond donors (Lipinski definition) is 0. The van der Waals surface area contributed by atoms with E-state index in [1.807, 2.05) is 0 Å². The zero-order valence-corrected chi connectivity index (χ0v) is 7.03. The van der Waals surface area contributed by atoms with Crippen LogP contribution >= 0.6 is 19.8 Å². The van der Waals surface area contributed by atoms with Gasteiger partial charge in [-0.05, 0) is 0 Å². The second-order valence-corrected chi connectivity index (χ2v) is 8.01. The molecule has 0 aliphatic carbocycles. The van der Waals surface area contributed by atoms with E-state index in [0.29, 0.717) is 0 Å². The Morgan fingerprint density at radius 3 is 2.57 bits per heavy atom. The molecule has 1 aliphatic rings. The molecule has 0 aromatic rings. The van der Waals surface area contributed by atoms with E-state index in [1.54, 1.807) is 3.58 Å². The van der Waals surface area contributed by atoms with Crippen LogP contribution in [0.4, 0.5) is 0 Å². The Morgan fingerprint density at radius 2 is 2.43 bits per heavy atom. The summed E-state index contributed by atoms with van der Waals surface area (Å²) < 4.78 is 3.28. The predicted octanol–water partition coefficient (Wildman–Crippen LogP) is 2.43. The summed E-state index contributed by atoms with van der Waals surface area (Å²) in [5, 5.41) is 0. The Hall–Kier alpha value is 0.470. The normalized spacial score (nSPS) is 25.4. The first-order valence-corrected chi connectivity index (χ1v) is 7.29. The maximum atomic E-state index is 2.45. The molecule has 0 saturated heterocycles. The number of hydrogen-bond acceptors (Lipinski definition) is 0. The van der Waals surface area contributed by atoms with Crippen molar-refractivity contribution in [3.05, 3.63) is 9.66 Å². The SMILES string of the molecule is CC1=CCCI1C. The van der Waals surface area contributed by atoms with E-state index in [0.717, 1.165) is 0 Å². The maximum absolute atomic E-state index is 2.45. The molecule has 0 aromatic heterocycles. The van der Waals surface area contributed by atoms with Crippen LogP contribution in [0.25, 0.3) is 0 Å². The van der Waals surface area contributed by atoms with E-state index < -0.39 is 19.8 Å². The van der Waals surface area contributed by atoms with Gasteiger partial charge in [0, 0.05) is 0 Å². The predicted molar refractivity (Wildman–Crippen MR) is 43.2 cm³/mol. The Balaban J connectivity index is 2.54. The monoisotopic (exact) mass is 210 g/mol. The van der Waals surface area contributed by atoms with Crippen LogP contribution in [0.5, 0.6) is 0 Å². The van der Waals surface area contributed by atoms with E-state index in [2.05, 4.69) is 17.9 Å². The van der Waals surface area contributed by atoms with Crippen LogP contribution in [0, 0.1) is 0 Å². The molecule has 0 saturated carbocycles. The van der Waals surface area contributed by atoms with Gasteiger partial charge in [-0.2, -0.15) is 0 Å². The standard InChI is InChI=1S/C6H11I/c1-6-4-3-5-7(6)2/h4H,3,5H2,1-2H3. The van der Waals surface area contributed by atoms with Crippen molar-refractivity contribution in [1.82, 2.24) is 0 Å². The molecule has 1 heterocycles. The van der Waals surface area contributed by atoms with Crippen LogP contribution in [0.3, 0.4) is 0 Å². The minimum absolute atomic E-state index is 0.431. The van der Waals surface area contributed by atoms with Gasteiger partial charge in [-0.25, -0.2) is 0 Å². The summed E-state index contributed by atoms with van der Waals surface area (Å²) in [5.41, 5.74) is 0. The van der Waals surface area contributed by atoms with Crippen LogP contribution in [0.15, 0.2) is 9.66 Å². The van der Waals surface area contributed by atoms with E-state index in [1.165, 1.54) is 10.8 Å². The fourth-order valence-corrected chi connectivity index (χ4v) is 3.86. The fraction of sp³-hybridized carbons (Fsp3) is 0.667. The molecular formula is C6H11I. The summed E-state index contributed by atoms with van der Waals surface area (Å²) in [7, 11) is 0. The first-order valence-electron chi connectivity index (χ1n) is 2.53.